The number of anilines is 1. The lowest BCUT2D eigenvalue weighted by Gasteiger charge is -2.23. The lowest BCUT2D eigenvalue weighted by Crippen LogP contribution is -2.32. The number of hydrogen-bond donors (Lipinski definition) is 2. The van der Waals surface area contributed by atoms with Gasteiger partial charge < -0.3 is 15.4 Å². The van der Waals surface area contributed by atoms with Crippen LogP contribution in [0.5, 0.6) is 0 Å². The zero-order valence-electron chi connectivity index (χ0n) is 15.1. The van der Waals surface area contributed by atoms with E-state index in [2.05, 4.69) is 10.1 Å². The Balaban J connectivity index is 2.18. The molecule has 3 N–H and O–H groups in total. The van der Waals surface area contributed by atoms with Crippen LogP contribution in [0.15, 0.2) is 48.5 Å². The van der Waals surface area contributed by atoms with Gasteiger partial charge in [-0.1, -0.05) is 12.1 Å². The highest BCUT2D eigenvalue weighted by molar-refractivity contribution is 5.94. The van der Waals surface area contributed by atoms with Gasteiger partial charge in [0.2, 0.25) is 0 Å². The summed E-state index contributed by atoms with van der Waals surface area (Å²) in [5, 5.41) is 11.5. The molecule has 0 saturated carbocycles. The first-order chi connectivity index (χ1) is 13.1. The number of carbonyl (C=O) groups is 2. The largest absolute Gasteiger partial charge is 0.453 e. The van der Waals surface area contributed by atoms with E-state index in [0.29, 0.717) is 42.9 Å². The third-order valence-electron chi connectivity index (χ3n) is 3.91. The van der Waals surface area contributed by atoms with E-state index in [0.717, 1.165) is 5.56 Å². The second kappa shape index (κ2) is 9.94. The van der Waals surface area contributed by atoms with Gasteiger partial charge in [0, 0.05) is 24.3 Å². The number of nitrogens with zero attached hydrogens (tertiary/aromatic N) is 2. The molecule has 0 aliphatic rings. The maximum atomic E-state index is 12.9. The molecule has 0 radical (unpaired) electrons. The first-order valence-electron chi connectivity index (χ1n) is 8.50. The molecule has 0 fully saturated rings. The van der Waals surface area contributed by atoms with Crippen LogP contribution in [0.1, 0.15) is 27.9 Å². The van der Waals surface area contributed by atoms with E-state index in [9.17, 15) is 9.59 Å². The van der Waals surface area contributed by atoms with E-state index < -0.39 is 6.09 Å². The molecule has 0 spiro atoms. The normalized spacial score (nSPS) is 9.96. The smallest absolute Gasteiger partial charge is 0.411 e. The Morgan fingerprint density at radius 1 is 1.22 bits per heavy atom. The summed E-state index contributed by atoms with van der Waals surface area (Å²) >= 11 is 0. The number of rotatable bonds is 7. The molecule has 2 rings (SSSR count). The molecule has 0 aliphatic heterocycles. The highest BCUT2D eigenvalue weighted by atomic mass is 16.5. The van der Waals surface area contributed by atoms with Crippen molar-refractivity contribution in [3.05, 3.63) is 65.2 Å². The van der Waals surface area contributed by atoms with E-state index in [1.165, 1.54) is 7.11 Å². The highest BCUT2D eigenvalue weighted by Gasteiger charge is 2.16. The van der Waals surface area contributed by atoms with Crippen LogP contribution in [0.4, 0.5) is 10.5 Å². The number of benzene rings is 2. The van der Waals surface area contributed by atoms with Gasteiger partial charge in [-0.05, 0) is 54.9 Å². The topological polar surface area (TPSA) is 108 Å². The molecule has 0 heterocycles. The van der Waals surface area contributed by atoms with Crippen molar-refractivity contribution in [2.24, 2.45) is 5.73 Å². The second-order valence-electron chi connectivity index (χ2n) is 5.88. The van der Waals surface area contributed by atoms with Crippen LogP contribution in [0.3, 0.4) is 0 Å². The lowest BCUT2D eigenvalue weighted by atomic mass is 10.1. The van der Waals surface area contributed by atoms with Gasteiger partial charge in [0.1, 0.15) is 0 Å². The predicted molar refractivity (Wildman–Crippen MR) is 102 cm³/mol. The van der Waals surface area contributed by atoms with Crippen LogP contribution in [-0.4, -0.2) is 37.1 Å². The summed E-state index contributed by atoms with van der Waals surface area (Å²) in [5.74, 6) is -0.140. The molecule has 2 aromatic rings. The summed E-state index contributed by atoms with van der Waals surface area (Å²) in [4.78, 5) is 25.9. The fourth-order valence-corrected chi connectivity index (χ4v) is 2.54. The average molecular weight is 366 g/mol. The Labute approximate surface area is 158 Å². The zero-order valence-corrected chi connectivity index (χ0v) is 15.1. The van der Waals surface area contributed by atoms with Gasteiger partial charge in [0.05, 0.1) is 18.7 Å². The SMILES string of the molecule is COC(=O)Nc1cccc(CN(CCCN)C(=O)c2ccc(C#N)cc2)c1. The molecule has 2 aromatic carbocycles. The van der Waals surface area contributed by atoms with E-state index in [1.54, 1.807) is 47.4 Å². The second-order valence-corrected chi connectivity index (χ2v) is 5.88. The van der Waals surface area contributed by atoms with Crippen molar-refractivity contribution < 1.29 is 14.3 Å². The summed E-state index contributed by atoms with van der Waals surface area (Å²) < 4.78 is 4.59. The van der Waals surface area contributed by atoms with Crippen LogP contribution in [0.25, 0.3) is 0 Å². The molecule has 7 heteroatoms. The fourth-order valence-electron chi connectivity index (χ4n) is 2.54. The number of ether oxygens (including phenoxy) is 1. The van der Waals surface area contributed by atoms with Gasteiger partial charge in [-0.3, -0.25) is 10.1 Å². The molecule has 7 nitrogen and oxygen atoms in total. The minimum Gasteiger partial charge on any atom is -0.453 e. The van der Waals surface area contributed by atoms with Crippen LogP contribution >= 0.6 is 0 Å². The van der Waals surface area contributed by atoms with E-state index in [1.807, 2.05) is 12.1 Å². The third kappa shape index (κ3) is 5.83. The van der Waals surface area contributed by atoms with Crippen molar-refractivity contribution in [2.45, 2.75) is 13.0 Å². The molecular formula is C20H22N4O3. The van der Waals surface area contributed by atoms with Crippen LogP contribution < -0.4 is 11.1 Å². The van der Waals surface area contributed by atoms with Crippen LogP contribution in [0.2, 0.25) is 0 Å². The molecule has 140 valence electrons. The fraction of sp³-hybridized carbons (Fsp3) is 0.250. The summed E-state index contributed by atoms with van der Waals surface area (Å²) in [7, 11) is 1.30. The Morgan fingerprint density at radius 2 is 1.96 bits per heavy atom. The predicted octanol–water partition coefficient (Wildman–Crippen LogP) is 2.73. The summed E-state index contributed by atoms with van der Waals surface area (Å²) in [6.45, 7) is 1.35. The molecule has 2 amide bonds. The van der Waals surface area contributed by atoms with Gasteiger partial charge in [0.25, 0.3) is 5.91 Å². The molecule has 0 bridgehead atoms. The molecule has 0 aromatic heterocycles. The molecule has 0 unspecified atom stereocenters. The first kappa shape index (κ1) is 19.9. The van der Waals surface area contributed by atoms with E-state index in [-0.39, 0.29) is 5.91 Å². The lowest BCUT2D eigenvalue weighted by molar-refractivity contribution is 0.0742. The van der Waals surface area contributed by atoms with E-state index in [4.69, 9.17) is 11.0 Å². The first-order valence-corrected chi connectivity index (χ1v) is 8.50. The van der Waals surface area contributed by atoms with Gasteiger partial charge in [-0.25, -0.2) is 4.79 Å². The Kier molecular flexibility index (Phi) is 7.35. The standard InChI is InChI=1S/C20H22N4O3/c1-27-20(26)23-18-5-2-4-16(12-18)14-24(11-3-10-21)19(25)17-8-6-15(13-22)7-9-17/h2,4-9,12H,3,10-11,14,21H2,1H3,(H,23,26). The van der Waals surface area contributed by atoms with E-state index >= 15 is 0 Å². The van der Waals surface area contributed by atoms with Crippen molar-refractivity contribution >= 4 is 17.7 Å². The molecule has 0 aliphatic carbocycles. The Morgan fingerprint density at radius 3 is 2.59 bits per heavy atom. The van der Waals surface area contributed by atoms with Crippen molar-refractivity contribution in [3.63, 3.8) is 0 Å². The number of amides is 2. The monoisotopic (exact) mass is 366 g/mol. The van der Waals surface area contributed by atoms with Gasteiger partial charge >= 0.3 is 6.09 Å². The Hall–Kier alpha value is -3.37. The molecule has 0 atom stereocenters. The minimum absolute atomic E-state index is 0.140. The number of carbonyl (C=O) groups excluding carboxylic acids is 2. The molecule has 27 heavy (non-hydrogen) atoms. The van der Waals surface area contributed by atoms with Crippen molar-refractivity contribution in [3.8, 4) is 6.07 Å². The van der Waals surface area contributed by atoms with Gasteiger partial charge in [-0.15, -0.1) is 0 Å². The number of nitriles is 1. The van der Waals surface area contributed by atoms with Crippen molar-refractivity contribution in [1.29, 1.82) is 5.26 Å². The summed E-state index contributed by atoms with van der Waals surface area (Å²) in [6, 6.07) is 15.8. The quantitative estimate of drug-likeness (QED) is 0.783. The average Bonchev–Trinajstić information content (AvgIpc) is 2.70. The number of methoxy groups -OCH3 is 1. The summed E-state index contributed by atoms with van der Waals surface area (Å²) in [5.41, 5.74) is 8.07. The maximum Gasteiger partial charge on any atom is 0.411 e. The Bertz CT molecular complexity index is 828. The van der Waals surface area contributed by atoms with Crippen molar-refractivity contribution in [1.82, 2.24) is 4.90 Å². The minimum atomic E-state index is -0.555. The van der Waals surface area contributed by atoms with Crippen molar-refractivity contribution in [2.75, 3.05) is 25.5 Å². The summed E-state index contributed by atoms with van der Waals surface area (Å²) in [6.07, 6.45) is 0.114. The van der Waals surface area contributed by atoms with Gasteiger partial charge in [-0.2, -0.15) is 5.26 Å². The van der Waals surface area contributed by atoms with Crippen LogP contribution in [0, 0.1) is 11.3 Å². The number of nitrogens with two attached hydrogens (primary N) is 1. The van der Waals surface area contributed by atoms with Crippen LogP contribution in [-0.2, 0) is 11.3 Å². The molecular weight excluding hydrogens is 344 g/mol. The third-order valence-corrected chi connectivity index (χ3v) is 3.91. The zero-order chi connectivity index (χ0) is 19.6. The maximum absolute atomic E-state index is 12.9. The highest BCUT2D eigenvalue weighted by Crippen LogP contribution is 2.16. The number of nitrogens with one attached hydrogen (secondary N) is 1. The van der Waals surface area contributed by atoms with Gasteiger partial charge in [0.15, 0.2) is 0 Å². The number of hydrogen-bond acceptors (Lipinski definition) is 5. The molecule has 0 saturated heterocycles.